The number of rotatable bonds is 11. The molecule has 0 aliphatic heterocycles. The Morgan fingerprint density at radius 3 is 0.833 bits per heavy atom. The molecule has 8 heteroatoms. The van der Waals surface area contributed by atoms with Crippen LogP contribution in [0.5, 0.6) is 0 Å². The first-order valence-corrected chi connectivity index (χ1v) is 19.0. The van der Waals surface area contributed by atoms with E-state index in [1.54, 1.807) is 48.5 Å². The Labute approximate surface area is 280 Å². The third-order valence-electron chi connectivity index (χ3n) is 8.16. The van der Waals surface area contributed by atoms with Crippen LogP contribution in [0.15, 0.2) is 170 Å². The summed E-state index contributed by atoms with van der Waals surface area (Å²) in [5.74, 6) is -0.598. The molecular formula is C40H34N2O4P2. The number of carbonyl (C=O) groups is 2. The average molecular weight is 669 g/mol. The van der Waals surface area contributed by atoms with Crippen molar-refractivity contribution in [3.8, 4) is 0 Å². The van der Waals surface area contributed by atoms with E-state index in [0.717, 1.165) is 21.2 Å². The van der Waals surface area contributed by atoms with Crippen molar-refractivity contribution in [2.45, 2.75) is 0 Å². The Morgan fingerprint density at radius 1 is 0.354 bits per heavy atom. The van der Waals surface area contributed by atoms with Crippen LogP contribution in [0.1, 0.15) is 20.7 Å². The normalized spacial score (nSPS) is 11.4. The van der Waals surface area contributed by atoms with Crippen LogP contribution in [-0.2, 0) is 9.13 Å². The Hall–Kier alpha value is -5.28. The molecule has 0 aliphatic rings. The summed E-state index contributed by atoms with van der Waals surface area (Å²) in [5, 5.41) is 9.83. The third-order valence-corrected chi connectivity index (χ3v) is 14.3. The van der Waals surface area contributed by atoms with Gasteiger partial charge in [-0.1, -0.05) is 146 Å². The lowest BCUT2D eigenvalue weighted by Gasteiger charge is -2.20. The Morgan fingerprint density at radius 2 is 0.583 bits per heavy atom. The first-order valence-electron chi connectivity index (χ1n) is 15.6. The topological polar surface area (TPSA) is 92.3 Å². The summed E-state index contributed by atoms with van der Waals surface area (Å²) in [4.78, 5) is 25.8. The minimum atomic E-state index is -3.13. The van der Waals surface area contributed by atoms with Crippen molar-refractivity contribution in [3.05, 3.63) is 181 Å². The fraction of sp³-hybridized carbons (Fsp3) is 0.0500. The second-order valence-corrected chi connectivity index (χ2v) is 16.7. The van der Waals surface area contributed by atoms with Crippen LogP contribution in [0.25, 0.3) is 0 Å². The second kappa shape index (κ2) is 14.6. The van der Waals surface area contributed by atoms with Crippen molar-refractivity contribution < 1.29 is 18.7 Å². The van der Waals surface area contributed by atoms with Gasteiger partial charge in [-0.2, -0.15) is 0 Å². The molecule has 0 bridgehead atoms. The molecule has 0 unspecified atom stereocenters. The lowest BCUT2D eigenvalue weighted by Crippen LogP contribution is -2.35. The molecule has 6 aromatic carbocycles. The highest BCUT2D eigenvalue weighted by molar-refractivity contribution is 7.85. The number of hydrogen-bond acceptors (Lipinski definition) is 4. The van der Waals surface area contributed by atoms with E-state index in [9.17, 15) is 18.7 Å². The van der Waals surface area contributed by atoms with Crippen LogP contribution in [0.4, 0.5) is 0 Å². The molecule has 6 aromatic rings. The Kier molecular flexibility index (Phi) is 9.96. The maximum absolute atomic E-state index is 14.5. The molecule has 0 heterocycles. The van der Waals surface area contributed by atoms with Crippen molar-refractivity contribution in [1.82, 2.24) is 10.6 Å². The summed E-state index contributed by atoms with van der Waals surface area (Å²) in [7, 11) is -6.26. The summed E-state index contributed by atoms with van der Waals surface area (Å²) in [6.45, 7) is 0.433. The van der Waals surface area contributed by atoms with Gasteiger partial charge in [-0.25, -0.2) is 0 Å². The molecule has 0 radical (unpaired) electrons. The monoisotopic (exact) mass is 668 g/mol. The predicted molar refractivity (Wildman–Crippen MR) is 196 cm³/mol. The lowest BCUT2D eigenvalue weighted by atomic mass is 10.2. The molecule has 0 saturated carbocycles. The van der Waals surface area contributed by atoms with Crippen molar-refractivity contribution >= 4 is 57.9 Å². The van der Waals surface area contributed by atoms with Gasteiger partial charge < -0.3 is 19.8 Å². The molecule has 48 heavy (non-hydrogen) atoms. The molecule has 2 amide bonds. The van der Waals surface area contributed by atoms with Crippen LogP contribution >= 0.6 is 14.3 Å². The van der Waals surface area contributed by atoms with Gasteiger partial charge in [0.25, 0.3) is 11.8 Å². The van der Waals surface area contributed by atoms with Gasteiger partial charge in [0.2, 0.25) is 0 Å². The van der Waals surface area contributed by atoms with Crippen LogP contribution in [0.2, 0.25) is 0 Å². The molecule has 0 aromatic heterocycles. The smallest absolute Gasteiger partial charge is 0.251 e. The molecule has 6 nitrogen and oxygen atoms in total. The summed E-state index contributed by atoms with van der Waals surface area (Å²) in [6, 6.07) is 51.1. The second-order valence-electron chi connectivity index (χ2n) is 11.2. The van der Waals surface area contributed by atoms with Gasteiger partial charge >= 0.3 is 0 Å². The van der Waals surface area contributed by atoms with Crippen molar-refractivity contribution in [3.63, 3.8) is 0 Å². The van der Waals surface area contributed by atoms with E-state index >= 15 is 0 Å². The maximum Gasteiger partial charge on any atom is 0.251 e. The van der Waals surface area contributed by atoms with Gasteiger partial charge in [0, 0.05) is 56.0 Å². The van der Waals surface area contributed by atoms with E-state index in [-0.39, 0.29) is 24.9 Å². The zero-order valence-corrected chi connectivity index (χ0v) is 27.9. The highest BCUT2D eigenvalue weighted by atomic mass is 31.2. The van der Waals surface area contributed by atoms with Gasteiger partial charge in [0.1, 0.15) is 0 Å². The standard InChI is InChI=1S/C40H34N2O4P2/c43-39(31-21-25-37(26-22-31)47(45,33-13-5-1-6-14-33)34-15-7-2-8-16-34)41-29-30-42-40(44)32-23-27-38(28-24-32)48(46,35-17-9-3-10-18-35)36-19-11-4-12-20-36/h1-28H,29-30H2,(H,41,43)(H,42,44). The molecule has 6 rings (SSSR count). The minimum Gasteiger partial charge on any atom is -0.350 e. The number of amides is 2. The third kappa shape index (κ3) is 6.73. The minimum absolute atomic E-state index is 0.216. The zero-order valence-electron chi connectivity index (χ0n) is 26.1. The molecule has 0 aliphatic carbocycles. The molecule has 0 spiro atoms. The van der Waals surface area contributed by atoms with Gasteiger partial charge in [-0.05, 0) is 24.3 Å². The number of carbonyl (C=O) groups excluding carboxylic acids is 2. The molecule has 0 atom stereocenters. The lowest BCUT2D eigenvalue weighted by molar-refractivity contribution is 0.0927. The average Bonchev–Trinajstić information content (AvgIpc) is 3.17. The quantitative estimate of drug-likeness (QED) is 0.148. The fourth-order valence-corrected chi connectivity index (χ4v) is 10.9. The molecule has 238 valence electrons. The zero-order chi connectivity index (χ0) is 33.4. The molecule has 2 N–H and O–H groups in total. The van der Waals surface area contributed by atoms with Gasteiger partial charge in [-0.3, -0.25) is 9.59 Å². The summed E-state index contributed by atoms with van der Waals surface area (Å²) in [6.07, 6.45) is 0. The van der Waals surface area contributed by atoms with Crippen molar-refractivity contribution in [1.29, 1.82) is 0 Å². The van der Waals surface area contributed by atoms with E-state index in [0.29, 0.717) is 21.7 Å². The summed E-state index contributed by atoms with van der Waals surface area (Å²) < 4.78 is 29.1. The largest absolute Gasteiger partial charge is 0.350 e. The number of benzene rings is 6. The van der Waals surface area contributed by atoms with Crippen LogP contribution in [0, 0.1) is 0 Å². The fourth-order valence-electron chi connectivity index (χ4n) is 5.65. The van der Waals surface area contributed by atoms with E-state index in [4.69, 9.17) is 0 Å². The van der Waals surface area contributed by atoms with E-state index in [1.165, 1.54) is 0 Å². The Bertz CT molecular complexity index is 1850. The van der Waals surface area contributed by atoms with Gasteiger partial charge in [-0.15, -0.1) is 0 Å². The van der Waals surface area contributed by atoms with Gasteiger partial charge in [0.05, 0.1) is 0 Å². The predicted octanol–water partition coefficient (Wildman–Crippen LogP) is 5.13. The van der Waals surface area contributed by atoms with Crippen LogP contribution < -0.4 is 42.5 Å². The highest BCUT2D eigenvalue weighted by Crippen LogP contribution is 2.43. The molecular weight excluding hydrogens is 634 g/mol. The number of nitrogens with one attached hydrogen (secondary N) is 2. The highest BCUT2D eigenvalue weighted by Gasteiger charge is 2.30. The van der Waals surface area contributed by atoms with Gasteiger partial charge in [0.15, 0.2) is 14.3 Å². The SMILES string of the molecule is O=C(NCCNC(=O)c1ccc(P(=O)(c2ccccc2)c2ccccc2)cc1)c1ccc(P(=O)(c2ccccc2)c2ccccc2)cc1. The molecule has 0 saturated heterocycles. The van der Waals surface area contributed by atoms with E-state index < -0.39 is 14.3 Å². The number of hydrogen-bond donors (Lipinski definition) is 2. The van der Waals surface area contributed by atoms with E-state index in [2.05, 4.69) is 10.6 Å². The molecule has 0 fully saturated rings. The first kappa shape index (κ1) is 32.7. The maximum atomic E-state index is 14.5. The summed E-state index contributed by atoms with van der Waals surface area (Å²) >= 11 is 0. The van der Waals surface area contributed by atoms with Crippen LogP contribution in [-0.4, -0.2) is 24.9 Å². The van der Waals surface area contributed by atoms with Crippen LogP contribution in [0.3, 0.4) is 0 Å². The Balaban J connectivity index is 1.08. The van der Waals surface area contributed by atoms with E-state index in [1.807, 2.05) is 121 Å². The first-order chi connectivity index (χ1) is 23.4. The summed E-state index contributed by atoms with van der Waals surface area (Å²) in [5.41, 5.74) is 0.851. The van der Waals surface area contributed by atoms with Crippen molar-refractivity contribution in [2.24, 2.45) is 0 Å². The van der Waals surface area contributed by atoms with Crippen molar-refractivity contribution in [2.75, 3.05) is 13.1 Å².